The van der Waals surface area contributed by atoms with Crippen molar-refractivity contribution in [2.45, 2.75) is 26.7 Å². The molecule has 0 aromatic carbocycles. The van der Waals surface area contributed by atoms with E-state index in [0.717, 1.165) is 19.4 Å². The monoisotopic (exact) mass is 125 g/mol. The molecule has 0 fully saturated rings. The van der Waals surface area contributed by atoms with Gasteiger partial charge in [0, 0.05) is 0 Å². The van der Waals surface area contributed by atoms with Gasteiger partial charge in [0.05, 0.1) is 6.54 Å². The minimum Gasteiger partial charge on any atom is -0.293 e. The van der Waals surface area contributed by atoms with Crippen LogP contribution in [0, 0.1) is 0 Å². The van der Waals surface area contributed by atoms with Gasteiger partial charge in [-0.3, -0.25) is 4.99 Å². The summed E-state index contributed by atoms with van der Waals surface area (Å²) in [6, 6.07) is 0. The first-order valence-electron chi connectivity index (χ1n) is 3.55. The molecule has 0 aliphatic rings. The van der Waals surface area contributed by atoms with Gasteiger partial charge in [0.25, 0.3) is 0 Å². The number of rotatable bonds is 4. The number of nitrogens with zero attached hydrogens (tertiary/aromatic N) is 1. The van der Waals surface area contributed by atoms with E-state index in [9.17, 15) is 0 Å². The molecule has 0 N–H and O–H groups in total. The molecule has 0 aliphatic carbocycles. The zero-order valence-corrected chi connectivity index (χ0v) is 6.30. The van der Waals surface area contributed by atoms with Crippen molar-refractivity contribution in [2.75, 3.05) is 6.54 Å². The van der Waals surface area contributed by atoms with Crippen LogP contribution in [0.3, 0.4) is 0 Å². The van der Waals surface area contributed by atoms with Crippen LogP contribution in [0.4, 0.5) is 0 Å². The molecule has 9 heavy (non-hydrogen) atoms. The van der Waals surface area contributed by atoms with E-state index in [4.69, 9.17) is 0 Å². The molecule has 1 nitrogen and oxygen atoms in total. The maximum atomic E-state index is 4.12. The van der Waals surface area contributed by atoms with Crippen molar-refractivity contribution in [3.05, 3.63) is 12.2 Å². The fourth-order valence-electron chi connectivity index (χ4n) is 0.506. The first-order valence-corrected chi connectivity index (χ1v) is 3.55. The Balaban J connectivity index is 3.08. The lowest BCUT2D eigenvalue weighted by molar-refractivity contribution is 1.16. The highest BCUT2D eigenvalue weighted by atomic mass is 14.7. The smallest absolute Gasteiger partial charge is 0.0566 e. The van der Waals surface area contributed by atoms with Crippen LogP contribution in [0.25, 0.3) is 0 Å². The fourth-order valence-corrected chi connectivity index (χ4v) is 0.506. The lowest BCUT2D eigenvalue weighted by Crippen LogP contribution is -1.73. The van der Waals surface area contributed by atoms with Gasteiger partial charge in [0.2, 0.25) is 0 Å². The van der Waals surface area contributed by atoms with Crippen LogP contribution in [-0.2, 0) is 0 Å². The standard InChI is InChI=1S/C8H15N/c1-3-5-6-8-9-7-4-2/h5-7H,3-4,8H2,1-2H3. The largest absolute Gasteiger partial charge is 0.293 e. The lowest BCUT2D eigenvalue weighted by Gasteiger charge is -1.80. The summed E-state index contributed by atoms with van der Waals surface area (Å²) in [6.07, 6.45) is 8.32. The van der Waals surface area contributed by atoms with Gasteiger partial charge in [-0.2, -0.15) is 0 Å². The van der Waals surface area contributed by atoms with E-state index in [0.29, 0.717) is 0 Å². The van der Waals surface area contributed by atoms with Crippen LogP contribution in [0.1, 0.15) is 26.7 Å². The van der Waals surface area contributed by atoms with Gasteiger partial charge in [-0.15, -0.1) is 0 Å². The van der Waals surface area contributed by atoms with E-state index in [1.54, 1.807) is 0 Å². The minimum atomic E-state index is 0.849. The van der Waals surface area contributed by atoms with Crippen LogP contribution in [0.15, 0.2) is 17.1 Å². The third kappa shape index (κ3) is 7.41. The maximum absolute atomic E-state index is 4.12. The Hall–Kier alpha value is -0.590. The first kappa shape index (κ1) is 8.41. The van der Waals surface area contributed by atoms with Gasteiger partial charge in [-0.05, 0) is 19.1 Å². The van der Waals surface area contributed by atoms with Crippen LogP contribution < -0.4 is 0 Å². The van der Waals surface area contributed by atoms with Crippen LogP contribution in [-0.4, -0.2) is 12.8 Å². The van der Waals surface area contributed by atoms with Crippen molar-refractivity contribution in [1.82, 2.24) is 0 Å². The van der Waals surface area contributed by atoms with Crippen molar-refractivity contribution in [3.8, 4) is 0 Å². The summed E-state index contributed by atoms with van der Waals surface area (Å²) in [5.74, 6) is 0. The highest BCUT2D eigenvalue weighted by Crippen LogP contribution is 1.79. The molecule has 52 valence electrons. The molecular weight excluding hydrogens is 110 g/mol. The van der Waals surface area contributed by atoms with Crippen molar-refractivity contribution in [2.24, 2.45) is 4.99 Å². The molecule has 0 rings (SSSR count). The highest BCUT2D eigenvalue weighted by molar-refractivity contribution is 5.56. The summed E-state index contributed by atoms with van der Waals surface area (Å²) in [5, 5.41) is 0. The molecule has 0 atom stereocenters. The summed E-state index contributed by atoms with van der Waals surface area (Å²) in [6.45, 7) is 5.06. The zero-order chi connectivity index (χ0) is 6.95. The van der Waals surface area contributed by atoms with Crippen molar-refractivity contribution < 1.29 is 0 Å². The Bertz CT molecular complexity index is 80.7. The second-order valence-corrected chi connectivity index (χ2v) is 1.84. The van der Waals surface area contributed by atoms with Crippen molar-refractivity contribution >= 4 is 6.21 Å². The summed E-state index contributed by atoms with van der Waals surface area (Å²) < 4.78 is 0. The van der Waals surface area contributed by atoms with E-state index < -0.39 is 0 Å². The van der Waals surface area contributed by atoms with Crippen LogP contribution >= 0.6 is 0 Å². The predicted molar refractivity (Wildman–Crippen MR) is 43.1 cm³/mol. The summed E-state index contributed by atoms with van der Waals surface area (Å²) in [5.41, 5.74) is 0. The first-order chi connectivity index (χ1) is 4.41. The summed E-state index contributed by atoms with van der Waals surface area (Å²) in [4.78, 5) is 4.12. The minimum absolute atomic E-state index is 0.849. The maximum Gasteiger partial charge on any atom is 0.0566 e. The molecule has 0 heterocycles. The number of hydrogen-bond acceptors (Lipinski definition) is 1. The molecule has 0 radical (unpaired) electrons. The molecule has 0 aliphatic heterocycles. The van der Waals surface area contributed by atoms with Crippen molar-refractivity contribution in [3.63, 3.8) is 0 Å². The molecule has 0 unspecified atom stereocenters. The third-order valence-corrected chi connectivity index (χ3v) is 0.925. The molecule has 1 heteroatoms. The average Bonchev–Trinajstić information content (AvgIpc) is 1.89. The van der Waals surface area contributed by atoms with Gasteiger partial charge in [0.1, 0.15) is 0 Å². The highest BCUT2D eigenvalue weighted by Gasteiger charge is 1.68. The topological polar surface area (TPSA) is 12.4 Å². The van der Waals surface area contributed by atoms with E-state index in [2.05, 4.69) is 31.0 Å². The number of hydrogen-bond donors (Lipinski definition) is 0. The Morgan fingerprint density at radius 2 is 1.89 bits per heavy atom. The second kappa shape index (κ2) is 7.41. The third-order valence-electron chi connectivity index (χ3n) is 0.925. The van der Waals surface area contributed by atoms with Gasteiger partial charge in [-0.1, -0.05) is 26.0 Å². The second-order valence-electron chi connectivity index (χ2n) is 1.84. The SMILES string of the molecule is CCC=CCN=CCC. The normalized spacial score (nSPS) is 11.8. The average molecular weight is 125 g/mol. The van der Waals surface area contributed by atoms with Crippen LogP contribution in [0.2, 0.25) is 0 Å². The Morgan fingerprint density at radius 3 is 2.44 bits per heavy atom. The van der Waals surface area contributed by atoms with Crippen molar-refractivity contribution in [1.29, 1.82) is 0 Å². The molecule has 0 aromatic heterocycles. The molecular formula is C8H15N. The summed E-state index contributed by atoms with van der Waals surface area (Å²) in [7, 11) is 0. The molecule has 0 amide bonds. The van der Waals surface area contributed by atoms with E-state index in [1.165, 1.54) is 0 Å². The molecule has 0 saturated carbocycles. The van der Waals surface area contributed by atoms with E-state index >= 15 is 0 Å². The fraction of sp³-hybridized carbons (Fsp3) is 0.625. The predicted octanol–water partition coefficient (Wildman–Crippen LogP) is 2.43. The summed E-state index contributed by atoms with van der Waals surface area (Å²) >= 11 is 0. The lowest BCUT2D eigenvalue weighted by atomic mass is 10.4. The molecule has 0 aromatic rings. The van der Waals surface area contributed by atoms with Gasteiger partial charge >= 0.3 is 0 Å². The van der Waals surface area contributed by atoms with Crippen LogP contribution in [0.5, 0.6) is 0 Å². The number of allylic oxidation sites excluding steroid dienone is 1. The van der Waals surface area contributed by atoms with Gasteiger partial charge in [0.15, 0.2) is 0 Å². The Labute approximate surface area is 57.5 Å². The quantitative estimate of drug-likeness (QED) is 0.404. The zero-order valence-electron chi connectivity index (χ0n) is 6.30. The Morgan fingerprint density at radius 1 is 1.11 bits per heavy atom. The Kier molecular flexibility index (Phi) is 6.92. The van der Waals surface area contributed by atoms with Gasteiger partial charge in [-0.25, -0.2) is 0 Å². The molecule has 0 spiro atoms. The van der Waals surface area contributed by atoms with Gasteiger partial charge < -0.3 is 0 Å². The number of aliphatic imine (C=N–C) groups is 1. The molecule has 0 bridgehead atoms. The van der Waals surface area contributed by atoms with E-state index in [-0.39, 0.29) is 0 Å². The van der Waals surface area contributed by atoms with E-state index in [1.807, 2.05) is 6.21 Å². The molecule has 0 saturated heterocycles.